The van der Waals surface area contributed by atoms with E-state index in [-0.39, 0.29) is 0 Å². The van der Waals surface area contributed by atoms with Gasteiger partial charge in [-0.1, -0.05) is 6.42 Å². The van der Waals surface area contributed by atoms with E-state index < -0.39 is 5.85 Å². The summed E-state index contributed by atoms with van der Waals surface area (Å²) in [4.78, 5) is 7.20. The molecule has 0 aliphatic carbocycles. The Hall–Kier alpha value is -1.19. The summed E-state index contributed by atoms with van der Waals surface area (Å²) in [5.41, 5.74) is 1.90. The molecule has 23 heavy (non-hydrogen) atoms. The Balaban J connectivity index is 1.91. The summed E-state index contributed by atoms with van der Waals surface area (Å²) in [5, 5.41) is 0.843. The van der Waals surface area contributed by atoms with Gasteiger partial charge in [0, 0.05) is 32.3 Å². The van der Waals surface area contributed by atoms with Crippen LogP contribution in [0.5, 0.6) is 5.75 Å². The van der Waals surface area contributed by atoms with Gasteiger partial charge in [0.05, 0.1) is 17.6 Å². The maximum atomic E-state index is 13.8. The van der Waals surface area contributed by atoms with Gasteiger partial charge in [0.1, 0.15) is 11.6 Å². The largest absolute Gasteiger partial charge is 0.458 e. The van der Waals surface area contributed by atoms with E-state index in [2.05, 4.69) is 18.7 Å². The predicted octanol–water partition coefficient (Wildman–Crippen LogP) is 3.14. The minimum Gasteiger partial charge on any atom is -0.458 e. The second-order valence-electron chi connectivity index (χ2n) is 6.77. The number of ether oxygens (including phenoxy) is 1. The zero-order chi connectivity index (χ0) is 16.6. The molecule has 0 radical (unpaired) electrons. The molecule has 126 valence electrons. The van der Waals surface area contributed by atoms with Crippen LogP contribution in [0.25, 0.3) is 11.0 Å². The Bertz CT molecular complexity index is 702. The number of imidazole rings is 1. The second-order valence-corrected chi connectivity index (χ2v) is 7.39. The molecule has 2 heterocycles. The first-order valence-electron chi connectivity index (χ1n) is 8.18. The molecule has 1 aromatic heterocycles. The number of rotatable bonds is 4. The molecular formula is C17H25FN3OP. The lowest BCUT2D eigenvalue weighted by atomic mass is 10.1. The summed E-state index contributed by atoms with van der Waals surface area (Å²) >= 11 is 0. The molecule has 1 atom stereocenters. The van der Waals surface area contributed by atoms with Crippen molar-refractivity contribution in [2.24, 2.45) is 7.05 Å². The molecule has 6 heteroatoms. The first kappa shape index (κ1) is 16.7. The van der Waals surface area contributed by atoms with Gasteiger partial charge >= 0.3 is 0 Å². The molecule has 0 saturated carbocycles. The van der Waals surface area contributed by atoms with E-state index in [4.69, 9.17) is 9.72 Å². The summed E-state index contributed by atoms with van der Waals surface area (Å²) in [7, 11) is 4.66. The molecule has 4 nitrogen and oxygen atoms in total. The van der Waals surface area contributed by atoms with Gasteiger partial charge in [0.15, 0.2) is 0 Å². The third-order valence-corrected chi connectivity index (χ3v) is 4.72. The fraction of sp³-hybridized carbons (Fsp3) is 0.588. The molecule has 1 aliphatic rings. The van der Waals surface area contributed by atoms with Crippen molar-refractivity contribution >= 4 is 25.6 Å². The molecule has 1 unspecified atom stereocenters. The van der Waals surface area contributed by atoms with E-state index in [1.54, 1.807) is 0 Å². The fourth-order valence-electron chi connectivity index (χ4n) is 3.09. The van der Waals surface area contributed by atoms with Crippen LogP contribution in [0.3, 0.4) is 0 Å². The number of aromatic nitrogens is 2. The molecule has 2 aromatic rings. The lowest BCUT2D eigenvalue weighted by Crippen LogP contribution is -2.30. The van der Waals surface area contributed by atoms with Gasteiger partial charge in [-0.3, -0.25) is 4.90 Å². The first-order valence-corrected chi connectivity index (χ1v) is 8.76. The van der Waals surface area contributed by atoms with E-state index in [0.717, 1.165) is 41.8 Å². The van der Waals surface area contributed by atoms with Crippen LogP contribution in [0.15, 0.2) is 12.1 Å². The molecule has 0 N–H and O–H groups in total. The van der Waals surface area contributed by atoms with E-state index in [9.17, 15) is 4.39 Å². The highest BCUT2D eigenvalue weighted by atomic mass is 31.0. The van der Waals surface area contributed by atoms with Crippen LogP contribution in [0.4, 0.5) is 4.39 Å². The van der Waals surface area contributed by atoms with Gasteiger partial charge in [0.25, 0.3) is 0 Å². The summed E-state index contributed by atoms with van der Waals surface area (Å²) in [6.07, 6.45) is 3.86. The number of piperidine rings is 1. The highest BCUT2D eigenvalue weighted by Crippen LogP contribution is 2.25. The van der Waals surface area contributed by atoms with Crippen LogP contribution < -0.4 is 10.0 Å². The Morgan fingerprint density at radius 2 is 1.96 bits per heavy atom. The van der Waals surface area contributed by atoms with Crippen LogP contribution in [-0.2, 0) is 13.6 Å². The lowest BCUT2D eigenvalue weighted by molar-refractivity contribution is -0.0247. The average Bonchev–Trinajstić information content (AvgIpc) is 2.75. The van der Waals surface area contributed by atoms with Crippen LogP contribution in [0.2, 0.25) is 0 Å². The molecule has 1 aromatic carbocycles. The van der Waals surface area contributed by atoms with Crippen molar-refractivity contribution in [1.29, 1.82) is 0 Å². The number of nitrogens with zero attached hydrogens (tertiary/aromatic N) is 3. The van der Waals surface area contributed by atoms with Gasteiger partial charge < -0.3 is 9.30 Å². The Labute approximate surface area is 139 Å². The topological polar surface area (TPSA) is 30.3 Å². The number of fused-ring (bicyclic) bond motifs is 1. The van der Waals surface area contributed by atoms with Crippen molar-refractivity contribution in [2.45, 2.75) is 45.5 Å². The maximum Gasteiger partial charge on any atom is 0.242 e. The van der Waals surface area contributed by atoms with Crippen molar-refractivity contribution in [3.05, 3.63) is 18.0 Å². The molecule has 0 bridgehead atoms. The first-order chi connectivity index (χ1) is 10.8. The zero-order valence-corrected chi connectivity index (χ0v) is 15.3. The van der Waals surface area contributed by atoms with E-state index >= 15 is 0 Å². The van der Waals surface area contributed by atoms with Crippen molar-refractivity contribution in [3.63, 3.8) is 0 Å². The monoisotopic (exact) mass is 337 g/mol. The van der Waals surface area contributed by atoms with E-state index in [0.29, 0.717) is 5.75 Å². The Morgan fingerprint density at radius 3 is 2.61 bits per heavy atom. The van der Waals surface area contributed by atoms with Crippen LogP contribution in [-0.4, -0.2) is 33.4 Å². The number of hydrogen-bond acceptors (Lipinski definition) is 3. The number of benzene rings is 1. The smallest absolute Gasteiger partial charge is 0.242 e. The minimum absolute atomic E-state index is 0.526. The molecule has 1 aliphatic heterocycles. The van der Waals surface area contributed by atoms with Crippen LogP contribution in [0, 0.1) is 0 Å². The number of aryl methyl sites for hydroxylation is 1. The molecule has 1 fully saturated rings. The van der Waals surface area contributed by atoms with Gasteiger partial charge in [-0.05, 0) is 32.0 Å². The quantitative estimate of drug-likeness (QED) is 0.803. The minimum atomic E-state index is -1.70. The van der Waals surface area contributed by atoms with Crippen molar-refractivity contribution in [3.8, 4) is 5.75 Å². The number of halogens is 1. The van der Waals surface area contributed by atoms with Crippen LogP contribution in [0.1, 0.15) is 38.9 Å². The average molecular weight is 337 g/mol. The molecular weight excluding hydrogens is 312 g/mol. The van der Waals surface area contributed by atoms with Gasteiger partial charge in [-0.2, -0.15) is 4.39 Å². The number of hydrogen-bond donors (Lipinski definition) is 0. The molecule has 0 spiro atoms. The number of likely N-dealkylation sites (tertiary alicyclic amines) is 1. The third kappa shape index (κ3) is 3.84. The Kier molecular flexibility index (Phi) is 4.61. The third-order valence-electron chi connectivity index (χ3n) is 4.27. The standard InChI is InChI=1S/C17H25FN3OP/c1-17(2,18)22-14-9-12-13(10-15(14)23)20(3)16(19-12)11-21-7-5-4-6-8-21/h9-10H,4-8,11,23H2,1-3H3. The maximum absolute atomic E-state index is 13.8. The van der Waals surface area contributed by atoms with Crippen molar-refractivity contribution in [1.82, 2.24) is 14.5 Å². The molecule has 1 saturated heterocycles. The summed E-state index contributed by atoms with van der Waals surface area (Å²) in [6.45, 7) is 5.95. The highest BCUT2D eigenvalue weighted by molar-refractivity contribution is 7.27. The Morgan fingerprint density at radius 1 is 1.26 bits per heavy atom. The van der Waals surface area contributed by atoms with E-state index in [1.165, 1.54) is 33.1 Å². The summed E-state index contributed by atoms with van der Waals surface area (Å²) < 4.78 is 21.3. The zero-order valence-electron chi connectivity index (χ0n) is 14.1. The predicted molar refractivity (Wildman–Crippen MR) is 95.0 cm³/mol. The normalized spacial score (nSPS) is 16.9. The summed E-state index contributed by atoms with van der Waals surface area (Å²) in [5.74, 6) is -0.134. The van der Waals surface area contributed by atoms with Crippen LogP contribution >= 0.6 is 9.24 Å². The molecule has 3 rings (SSSR count). The molecule has 0 amide bonds. The van der Waals surface area contributed by atoms with Crippen molar-refractivity contribution < 1.29 is 9.13 Å². The second kappa shape index (κ2) is 6.37. The van der Waals surface area contributed by atoms with Crippen molar-refractivity contribution in [2.75, 3.05) is 13.1 Å². The lowest BCUT2D eigenvalue weighted by Gasteiger charge is -2.25. The van der Waals surface area contributed by atoms with Gasteiger partial charge in [-0.15, -0.1) is 9.24 Å². The summed E-state index contributed by atoms with van der Waals surface area (Å²) in [6, 6.07) is 3.83. The highest BCUT2D eigenvalue weighted by Gasteiger charge is 2.20. The van der Waals surface area contributed by atoms with E-state index in [1.807, 2.05) is 19.2 Å². The SMILES string of the molecule is Cn1c(CN2CCCCC2)nc2cc(OC(C)(C)F)c(P)cc21. The van der Waals surface area contributed by atoms with Gasteiger partial charge in [0.2, 0.25) is 5.85 Å². The number of alkyl halides is 1. The van der Waals surface area contributed by atoms with Gasteiger partial charge in [-0.25, -0.2) is 4.98 Å². The fourth-order valence-corrected chi connectivity index (χ4v) is 3.39.